The van der Waals surface area contributed by atoms with E-state index in [1.807, 2.05) is 27.7 Å². The van der Waals surface area contributed by atoms with Crippen molar-refractivity contribution >= 4 is 10.0 Å². The molecule has 0 atom stereocenters. The summed E-state index contributed by atoms with van der Waals surface area (Å²) in [5, 5.41) is 0. The predicted octanol–water partition coefficient (Wildman–Crippen LogP) is 1.76. The molecule has 1 heterocycles. The molecule has 18 heavy (non-hydrogen) atoms. The number of aromatic nitrogens is 1. The zero-order valence-electron chi connectivity index (χ0n) is 11.7. The van der Waals surface area contributed by atoms with E-state index in [4.69, 9.17) is 4.42 Å². The minimum atomic E-state index is -3.10. The Morgan fingerprint density at radius 3 is 2.39 bits per heavy atom. The SMILES string of the molecule is Cc1nc(C(C)(C)C)oc1CCCNS(C)(=O)=O. The summed E-state index contributed by atoms with van der Waals surface area (Å²) in [6, 6.07) is 0. The first-order chi connectivity index (χ1) is 8.09. The normalized spacial score (nSPS) is 12.9. The molecule has 0 aliphatic rings. The van der Waals surface area contributed by atoms with Crippen LogP contribution in [-0.2, 0) is 21.9 Å². The van der Waals surface area contributed by atoms with Gasteiger partial charge in [0.2, 0.25) is 10.0 Å². The van der Waals surface area contributed by atoms with Crippen LogP contribution in [0.4, 0.5) is 0 Å². The van der Waals surface area contributed by atoms with Crippen LogP contribution in [0.25, 0.3) is 0 Å². The van der Waals surface area contributed by atoms with Crippen molar-refractivity contribution in [1.82, 2.24) is 9.71 Å². The Kier molecular flexibility index (Phi) is 4.55. The van der Waals surface area contributed by atoms with Crippen molar-refractivity contribution in [2.45, 2.75) is 46.0 Å². The van der Waals surface area contributed by atoms with E-state index in [2.05, 4.69) is 9.71 Å². The third-order valence-electron chi connectivity index (χ3n) is 2.48. The van der Waals surface area contributed by atoms with Crippen molar-refractivity contribution in [2.24, 2.45) is 0 Å². The maximum absolute atomic E-state index is 10.9. The molecule has 0 bridgehead atoms. The van der Waals surface area contributed by atoms with Crippen LogP contribution in [0.3, 0.4) is 0 Å². The Hall–Kier alpha value is -0.880. The maximum atomic E-state index is 10.9. The standard InChI is InChI=1S/C12H22N2O3S/c1-9-10(7-6-8-13-18(5,15)16)17-11(14-9)12(2,3)4/h13H,6-8H2,1-5H3. The first kappa shape index (κ1) is 15.2. The number of nitrogens with one attached hydrogen (secondary N) is 1. The average Bonchev–Trinajstić information content (AvgIpc) is 2.53. The van der Waals surface area contributed by atoms with Gasteiger partial charge in [-0.3, -0.25) is 0 Å². The molecule has 1 aromatic rings. The molecule has 5 nitrogen and oxygen atoms in total. The summed E-state index contributed by atoms with van der Waals surface area (Å²) in [7, 11) is -3.10. The summed E-state index contributed by atoms with van der Waals surface area (Å²) in [6.45, 7) is 8.48. The number of rotatable bonds is 5. The van der Waals surface area contributed by atoms with Gasteiger partial charge in [0.05, 0.1) is 11.9 Å². The zero-order chi connectivity index (χ0) is 14.0. The summed E-state index contributed by atoms with van der Waals surface area (Å²) in [5.74, 6) is 1.57. The fourth-order valence-corrected chi connectivity index (χ4v) is 2.00. The van der Waals surface area contributed by atoms with E-state index < -0.39 is 10.0 Å². The smallest absolute Gasteiger partial charge is 0.208 e. The van der Waals surface area contributed by atoms with E-state index in [0.29, 0.717) is 19.4 Å². The monoisotopic (exact) mass is 274 g/mol. The third kappa shape index (κ3) is 4.78. The van der Waals surface area contributed by atoms with Gasteiger partial charge >= 0.3 is 0 Å². The topological polar surface area (TPSA) is 72.2 Å². The van der Waals surface area contributed by atoms with Gasteiger partial charge < -0.3 is 4.42 Å². The van der Waals surface area contributed by atoms with E-state index in [-0.39, 0.29) is 5.41 Å². The van der Waals surface area contributed by atoms with Gasteiger partial charge in [-0.15, -0.1) is 0 Å². The molecule has 1 N–H and O–H groups in total. The Morgan fingerprint density at radius 1 is 1.33 bits per heavy atom. The lowest BCUT2D eigenvalue weighted by atomic mass is 9.97. The fraction of sp³-hybridized carbons (Fsp3) is 0.750. The van der Waals surface area contributed by atoms with Gasteiger partial charge in [0, 0.05) is 18.4 Å². The van der Waals surface area contributed by atoms with E-state index in [0.717, 1.165) is 23.6 Å². The number of oxazole rings is 1. The molecule has 0 amide bonds. The molecule has 0 unspecified atom stereocenters. The van der Waals surface area contributed by atoms with E-state index >= 15 is 0 Å². The van der Waals surface area contributed by atoms with Gasteiger partial charge in [0.25, 0.3) is 0 Å². The van der Waals surface area contributed by atoms with E-state index in [1.165, 1.54) is 0 Å². The average molecular weight is 274 g/mol. The lowest BCUT2D eigenvalue weighted by Gasteiger charge is -2.12. The number of hydrogen-bond acceptors (Lipinski definition) is 4. The second-order valence-electron chi connectivity index (χ2n) is 5.55. The Labute approximate surface area is 109 Å². The number of aryl methyl sites for hydroxylation is 2. The van der Waals surface area contributed by atoms with Crippen LogP contribution < -0.4 is 4.72 Å². The highest BCUT2D eigenvalue weighted by Gasteiger charge is 2.21. The van der Waals surface area contributed by atoms with Crippen LogP contribution in [0.2, 0.25) is 0 Å². The van der Waals surface area contributed by atoms with Crippen molar-refractivity contribution in [2.75, 3.05) is 12.8 Å². The number of nitrogens with zero attached hydrogens (tertiary/aromatic N) is 1. The molecule has 0 radical (unpaired) electrons. The molecule has 0 aromatic carbocycles. The Bertz CT molecular complexity index is 498. The molecule has 0 spiro atoms. The summed E-state index contributed by atoms with van der Waals surface area (Å²) in [5.41, 5.74) is 0.785. The minimum absolute atomic E-state index is 0.103. The second kappa shape index (κ2) is 5.40. The summed E-state index contributed by atoms with van der Waals surface area (Å²) >= 11 is 0. The summed E-state index contributed by atoms with van der Waals surface area (Å²) in [6.07, 6.45) is 2.55. The van der Waals surface area contributed by atoms with Crippen LogP contribution in [0.1, 0.15) is 44.5 Å². The molecule has 0 fully saturated rings. The molecular formula is C12H22N2O3S. The number of hydrogen-bond donors (Lipinski definition) is 1. The van der Waals surface area contributed by atoms with Crippen molar-refractivity contribution in [1.29, 1.82) is 0 Å². The Morgan fingerprint density at radius 2 is 1.94 bits per heavy atom. The second-order valence-corrected chi connectivity index (χ2v) is 7.38. The van der Waals surface area contributed by atoms with Gasteiger partial charge in [0.15, 0.2) is 5.89 Å². The van der Waals surface area contributed by atoms with Crippen LogP contribution >= 0.6 is 0 Å². The molecule has 0 saturated carbocycles. The van der Waals surface area contributed by atoms with Crippen LogP contribution in [-0.4, -0.2) is 26.2 Å². The molecular weight excluding hydrogens is 252 g/mol. The number of sulfonamides is 1. The summed E-state index contributed by atoms with van der Waals surface area (Å²) in [4.78, 5) is 4.40. The molecule has 104 valence electrons. The minimum Gasteiger partial charge on any atom is -0.445 e. The molecule has 1 aromatic heterocycles. The lowest BCUT2D eigenvalue weighted by Crippen LogP contribution is -2.23. The molecule has 0 aliphatic heterocycles. The van der Waals surface area contributed by atoms with Crippen LogP contribution in [0.5, 0.6) is 0 Å². The molecule has 1 rings (SSSR count). The van der Waals surface area contributed by atoms with Crippen LogP contribution in [0.15, 0.2) is 4.42 Å². The maximum Gasteiger partial charge on any atom is 0.208 e. The highest BCUT2D eigenvalue weighted by molar-refractivity contribution is 7.88. The largest absolute Gasteiger partial charge is 0.445 e. The molecule has 0 saturated heterocycles. The molecule has 6 heteroatoms. The lowest BCUT2D eigenvalue weighted by molar-refractivity contribution is 0.370. The Balaban J connectivity index is 2.56. The van der Waals surface area contributed by atoms with E-state index in [9.17, 15) is 8.42 Å². The van der Waals surface area contributed by atoms with Gasteiger partial charge in [-0.2, -0.15) is 0 Å². The van der Waals surface area contributed by atoms with Crippen molar-refractivity contribution in [3.8, 4) is 0 Å². The van der Waals surface area contributed by atoms with Crippen LogP contribution in [0, 0.1) is 6.92 Å². The van der Waals surface area contributed by atoms with Gasteiger partial charge in [-0.05, 0) is 13.3 Å². The third-order valence-corrected chi connectivity index (χ3v) is 3.21. The highest BCUT2D eigenvalue weighted by atomic mass is 32.2. The predicted molar refractivity (Wildman–Crippen MR) is 71.1 cm³/mol. The van der Waals surface area contributed by atoms with Gasteiger partial charge in [0.1, 0.15) is 5.76 Å². The van der Waals surface area contributed by atoms with Gasteiger partial charge in [-0.25, -0.2) is 18.1 Å². The van der Waals surface area contributed by atoms with Crippen molar-refractivity contribution in [3.63, 3.8) is 0 Å². The first-order valence-corrected chi connectivity index (χ1v) is 7.90. The summed E-state index contributed by atoms with van der Waals surface area (Å²) < 4.78 is 30.0. The fourth-order valence-electron chi connectivity index (χ4n) is 1.49. The highest BCUT2D eigenvalue weighted by Crippen LogP contribution is 2.24. The van der Waals surface area contributed by atoms with Crippen molar-refractivity contribution < 1.29 is 12.8 Å². The van der Waals surface area contributed by atoms with E-state index in [1.54, 1.807) is 0 Å². The molecule has 0 aliphatic carbocycles. The zero-order valence-corrected chi connectivity index (χ0v) is 12.5. The van der Waals surface area contributed by atoms with Crippen molar-refractivity contribution in [3.05, 3.63) is 17.3 Å². The quantitative estimate of drug-likeness (QED) is 0.830. The van der Waals surface area contributed by atoms with Gasteiger partial charge in [-0.1, -0.05) is 20.8 Å². The first-order valence-electron chi connectivity index (χ1n) is 6.01.